The van der Waals surface area contributed by atoms with E-state index in [9.17, 15) is 9.90 Å². The van der Waals surface area contributed by atoms with Gasteiger partial charge in [0.25, 0.3) is 0 Å². The maximum atomic E-state index is 12.5. The summed E-state index contributed by atoms with van der Waals surface area (Å²) in [5.74, 6) is -0.185. The van der Waals surface area contributed by atoms with Crippen molar-refractivity contribution < 1.29 is 9.90 Å². The molecule has 0 bridgehead atoms. The van der Waals surface area contributed by atoms with Gasteiger partial charge in [-0.15, -0.1) is 0 Å². The summed E-state index contributed by atoms with van der Waals surface area (Å²) >= 11 is 18.1. The van der Waals surface area contributed by atoms with Crippen molar-refractivity contribution in [1.29, 1.82) is 0 Å². The fraction of sp³-hybridized carbons (Fsp3) is 0.133. The molecule has 5 heteroatoms. The van der Waals surface area contributed by atoms with Gasteiger partial charge in [0, 0.05) is 22.3 Å². The Morgan fingerprint density at radius 2 is 1.25 bits per heavy atom. The molecule has 3 rings (SSSR count). The number of alkyl halides is 3. The van der Waals surface area contributed by atoms with Crippen LogP contribution in [0.15, 0.2) is 48.5 Å². The first-order chi connectivity index (χ1) is 9.37. The van der Waals surface area contributed by atoms with Crippen LogP contribution in [-0.2, 0) is 5.60 Å². The molecule has 0 heterocycles. The third-order valence-electron chi connectivity index (χ3n) is 3.53. The van der Waals surface area contributed by atoms with Crippen LogP contribution in [-0.4, -0.2) is 14.7 Å². The minimum absolute atomic E-state index is 0.185. The number of hydrogen-bond donors (Lipinski definition) is 1. The quantitative estimate of drug-likeness (QED) is 0.747. The molecule has 0 radical (unpaired) electrons. The fourth-order valence-corrected chi connectivity index (χ4v) is 3.20. The Labute approximate surface area is 130 Å². The molecule has 0 fully saturated rings. The minimum atomic E-state index is -2.00. The Kier molecular flexibility index (Phi) is 3.11. The summed E-state index contributed by atoms with van der Waals surface area (Å²) in [4.78, 5) is 12.5. The second-order valence-electron chi connectivity index (χ2n) is 4.63. The van der Waals surface area contributed by atoms with E-state index in [4.69, 9.17) is 34.8 Å². The second-order valence-corrected chi connectivity index (χ2v) is 6.91. The van der Waals surface area contributed by atoms with Crippen molar-refractivity contribution in [1.82, 2.24) is 0 Å². The number of halogens is 3. The van der Waals surface area contributed by atoms with Crippen molar-refractivity contribution in [2.45, 2.75) is 9.39 Å². The Bertz CT molecular complexity index is 655. The molecule has 1 N–H and O–H groups in total. The summed E-state index contributed by atoms with van der Waals surface area (Å²) in [7, 11) is 0. The zero-order valence-corrected chi connectivity index (χ0v) is 12.4. The molecule has 0 spiro atoms. The lowest BCUT2D eigenvalue weighted by atomic mass is 9.75. The van der Waals surface area contributed by atoms with E-state index in [0.717, 1.165) is 0 Å². The van der Waals surface area contributed by atoms with Crippen molar-refractivity contribution in [3.8, 4) is 0 Å². The molecule has 0 unspecified atom stereocenters. The number of carbonyl (C=O) groups excluding carboxylic acids is 1. The van der Waals surface area contributed by atoms with E-state index in [0.29, 0.717) is 22.3 Å². The molecular weight excluding hydrogens is 319 g/mol. The Morgan fingerprint density at radius 3 is 1.65 bits per heavy atom. The van der Waals surface area contributed by atoms with Crippen LogP contribution in [0.1, 0.15) is 27.0 Å². The minimum Gasteiger partial charge on any atom is -0.376 e. The molecule has 0 aliphatic heterocycles. The van der Waals surface area contributed by atoms with Crippen molar-refractivity contribution in [2.75, 3.05) is 0 Å². The average Bonchev–Trinajstić information content (AvgIpc) is 2.43. The first kappa shape index (κ1) is 13.9. The molecule has 2 aromatic rings. The van der Waals surface area contributed by atoms with Gasteiger partial charge in [0.15, 0.2) is 11.4 Å². The van der Waals surface area contributed by atoms with Gasteiger partial charge in [-0.3, -0.25) is 4.79 Å². The number of rotatable bonds is 0. The second kappa shape index (κ2) is 4.47. The third kappa shape index (κ3) is 1.73. The predicted molar refractivity (Wildman–Crippen MR) is 79.6 cm³/mol. The van der Waals surface area contributed by atoms with Gasteiger partial charge in [0.1, 0.15) is 0 Å². The van der Waals surface area contributed by atoms with E-state index in [2.05, 4.69) is 0 Å². The van der Waals surface area contributed by atoms with Crippen molar-refractivity contribution in [3.63, 3.8) is 0 Å². The van der Waals surface area contributed by atoms with Gasteiger partial charge in [-0.05, 0) is 0 Å². The number of hydrogen-bond acceptors (Lipinski definition) is 2. The zero-order valence-electron chi connectivity index (χ0n) is 10.1. The van der Waals surface area contributed by atoms with Gasteiger partial charge in [-0.2, -0.15) is 0 Å². The van der Waals surface area contributed by atoms with Gasteiger partial charge in [-0.25, -0.2) is 0 Å². The molecule has 2 aromatic carbocycles. The average molecular weight is 328 g/mol. The molecule has 102 valence electrons. The maximum absolute atomic E-state index is 12.5. The molecule has 20 heavy (non-hydrogen) atoms. The number of ketones is 1. The van der Waals surface area contributed by atoms with Crippen LogP contribution in [0.3, 0.4) is 0 Å². The SMILES string of the molecule is O=C1c2ccccc2C(O)(C(Cl)(Cl)Cl)c2ccccc21. The van der Waals surface area contributed by atoms with Crippen LogP contribution in [0, 0.1) is 0 Å². The predicted octanol–water partition coefficient (Wildman–Crippen LogP) is 3.84. The Morgan fingerprint density at radius 1 is 0.850 bits per heavy atom. The molecule has 0 aromatic heterocycles. The van der Waals surface area contributed by atoms with Crippen LogP contribution in [0.5, 0.6) is 0 Å². The first-order valence-electron chi connectivity index (χ1n) is 5.90. The zero-order chi connectivity index (χ0) is 14.5. The number of aliphatic hydroxyl groups is 1. The van der Waals surface area contributed by atoms with E-state index >= 15 is 0 Å². The van der Waals surface area contributed by atoms with E-state index in [-0.39, 0.29) is 5.78 Å². The number of carbonyl (C=O) groups is 1. The summed E-state index contributed by atoms with van der Waals surface area (Å²) < 4.78 is -2.00. The topological polar surface area (TPSA) is 37.3 Å². The molecule has 1 aliphatic carbocycles. The normalized spacial score (nSPS) is 16.5. The molecular formula is C15H9Cl3O2. The van der Waals surface area contributed by atoms with Crippen molar-refractivity contribution in [3.05, 3.63) is 70.8 Å². The summed E-state index contributed by atoms with van der Waals surface area (Å²) in [6.07, 6.45) is 0. The lowest BCUT2D eigenvalue weighted by Crippen LogP contribution is -2.45. The molecule has 2 nitrogen and oxygen atoms in total. The lowest BCUT2D eigenvalue weighted by Gasteiger charge is -2.40. The molecule has 0 saturated carbocycles. The molecule has 0 saturated heterocycles. The highest BCUT2D eigenvalue weighted by atomic mass is 35.6. The van der Waals surface area contributed by atoms with E-state index in [1.807, 2.05) is 0 Å². The van der Waals surface area contributed by atoms with Gasteiger partial charge < -0.3 is 5.11 Å². The maximum Gasteiger partial charge on any atom is 0.227 e. The summed E-state index contributed by atoms with van der Waals surface area (Å²) in [5, 5.41) is 11.1. The lowest BCUT2D eigenvalue weighted by molar-refractivity contribution is 0.0751. The highest BCUT2D eigenvalue weighted by Gasteiger charge is 2.54. The van der Waals surface area contributed by atoms with Crippen LogP contribution in [0.2, 0.25) is 0 Å². The smallest absolute Gasteiger partial charge is 0.227 e. The van der Waals surface area contributed by atoms with E-state index in [1.165, 1.54) is 0 Å². The van der Waals surface area contributed by atoms with Crippen LogP contribution < -0.4 is 0 Å². The van der Waals surface area contributed by atoms with Gasteiger partial charge in [0.05, 0.1) is 0 Å². The van der Waals surface area contributed by atoms with E-state index < -0.39 is 9.39 Å². The van der Waals surface area contributed by atoms with Gasteiger partial charge in [0.2, 0.25) is 3.79 Å². The summed E-state index contributed by atoms with van der Waals surface area (Å²) in [5.41, 5.74) is -0.550. The van der Waals surface area contributed by atoms with E-state index in [1.54, 1.807) is 48.5 Å². The number of fused-ring (bicyclic) bond motifs is 2. The third-order valence-corrected chi connectivity index (χ3v) is 4.35. The highest BCUT2D eigenvalue weighted by molar-refractivity contribution is 6.68. The number of benzene rings is 2. The molecule has 0 amide bonds. The van der Waals surface area contributed by atoms with Crippen LogP contribution >= 0.6 is 34.8 Å². The standard InChI is InChI=1S/C15H9Cl3O2/c16-15(17,18)14(20)11-7-3-1-5-9(11)13(19)10-6-2-4-8-12(10)14/h1-8,20H. The first-order valence-corrected chi connectivity index (χ1v) is 7.03. The van der Waals surface area contributed by atoms with Gasteiger partial charge >= 0.3 is 0 Å². The molecule has 0 atom stereocenters. The largest absolute Gasteiger partial charge is 0.376 e. The fourth-order valence-electron chi connectivity index (χ4n) is 2.59. The highest BCUT2D eigenvalue weighted by Crippen LogP contribution is 2.53. The van der Waals surface area contributed by atoms with Crippen molar-refractivity contribution >= 4 is 40.6 Å². The van der Waals surface area contributed by atoms with Gasteiger partial charge in [-0.1, -0.05) is 83.3 Å². The van der Waals surface area contributed by atoms with Crippen LogP contribution in [0.4, 0.5) is 0 Å². The Hall–Kier alpha value is -1.06. The van der Waals surface area contributed by atoms with Crippen molar-refractivity contribution in [2.24, 2.45) is 0 Å². The van der Waals surface area contributed by atoms with Crippen LogP contribution in [0.25, 0.3) is 0 Å². The summed E-state index contributed by atoms with van der Waals surface area (Å²) in [6.45, 7) is 0. The molecule has 1 aliphatic rings. The monoisotopic (exact) mass is 326 g/mol. The summed E-state index contributed by atoms with van der Waals surface area (Å²) in [6, 6.07) is 13.3. The Balaban J connectivity index is 2.43.